The van der Waals surface area contributed by atoms with E-state index in [2.05, 4.69) is 50.4 Å². The van der Waals surface area contributed by atoms with Gasteiger partial charge in [-0.15, -0.1) is 0 Å². The van der Waals surface area contributed by atoms with E-state index in [1.54, 1.807) is 0 Å². The SMILES string of the molecule is CCc1c(C(=O)c2cccc(NC(C)c3ccc(CC(C)C)cc3)c2)cc(CCCC(=O)O)n1C. The Morgan fingerprint density at radius 2 is 1.74 bits per heavy atom. The Kier molecular flexibility index (Phi) is 8.91. The van der Waals surface area contributed by atoms with Crippen molar-refractivity contribution in [1.82, 2.24) is 4.57 Å². The maximum absolute atomic E-state index is 13.5. The predicted octanol–water partition coefficient (Wildman–Crippen LogP) is 6.60. The number of rotatable bonds is 12. The molecule has 35 heavy (non-hydrogen) atoms. The van der Waals surface area contributed by atoms with Crippen LogP contribution in [0.4, 0.5) is 5.69 Å². The second kappa shape index (κ2) is 11.9. The molecule has 0 aliphatic heterocycles. The molecular weight excluding hydrogens is 436 g/mol. The number of nitrogens with one attached hydrogen (secondary N) is 1. The van der Waals surface area contributed by atoms with E-state index >= 15 is 0 Å². The number of ketones is 1. The van der Waals surface area contributed by atoms with E-state index < -0.39 is 5.97 Å². The van der Waals surface area contributed by atoms with Crippen molar-refractivity contribution in [3.8, 4) is 0 Å². The minimum atomic E-state index is -0.795. The van der Waals surface area contributed by atoms with Crippen molar-refractivity contribution in [2.24, 2.45) is 13.0 Å². The maximum Gasteiger partial charge on any atom is 0.303 e. The number of aliphatic carboxylic acids is 1. The highest BCUT2D eigenvalue weighted by molar-refractivity contribution is 6.10. The van der Waals surface area contributed by atoms with Crippen molar-refractivity contribution in [2.75, 3.05) is 5.32 Å². The molecule has 3 aromatic rings. The predicted molar refractivity (Wildman–Crippen MR) is 142 cm³/mol. The largest absolute Gasteiger partial charge is 0.481 e. The summed E-state index contributed by atoms with van der Waals surface area (Å²) in [6.45, 7) is 8.62. The summed E-state index contributed by atoms with van der Waals surface area (Å²) >= 11 is 0. The molecule has 186 valence electrons. The monoisotopic (exact) mass is 474 g/mol. The molecule has 0 spiro atoms. The molecule has 1 heterocycles. The first kappa shape index (κ1) is 26.3. The Labute approximate surface area is 209 Å². The molecule has 0 amide bonds. The molecular formula is C30H38N2O3. The summed E-state index contributed by atoms with van der Waals surface area (Å²) in [7, 11) is 1.96. The Bertz CT molecular complexity index is 1160. The van der Waals surface area contributed by atoms with E-state index in [1.165, 1.54) is 11.1 Å². The lowest BCUT2D eigenvalue weighted by atomic mass is 9.99. The summed E-state index contributed by atoms with van der Waals surface area (Å²) < 4.78 is 2.04. The molecule has 1 aromatic heterocycles. The number of carbonyl (C=O) groups excluding carboxylic acids is 1. The van der Waals surface area contributed by atoms with Crippen LogP contribution in [0.5, 0.6) is 0 Å². The number of anilines is 1. The second-order valence-corrected chi connectivity index (χ2v) is 9.77. The molecule has 3 rings (SSSR count). The smallest absolute Gasteiger partial charge is 0.303 e. The van der Waals surface area contributed by atoms with Crippen LogP contribution in [-0.4, -0.2) is 21.4 Å². The number of aryl methyl sites for hydroxylation is 1. The summed E-state index contributed by atoms with van der Waals surface area (Å²) in [5.41, 5.74) is 6.78. The first-order valence-electron chi connectivity index (χ1n) is 12.6. The van der Waals surface area contributed by atoms with Gasteiger partial charge in [0.15, 0.2) is 5.78 Å². The number of benzene rings is 2. The van der Waals surface area contributed by atoms with Crippen LogP contribution in [0.1, 0.15) is 85.0 Å². The van der Waals surface area contributed by atoms with E-state index in [-0.39, 0.29) is 18.2 Å². The van der Waals surface area contributed by atoms with E-state index in [1.807, 2.05) is 48.9 Å². The Morgan fingerprint density at radius 1 is 1.03 bits per heavy atom. The average Bonchev–Trinajstić information content (AvgIpc) is 3.13. The fourth-order valence-electron chi connectivity index (χ4n) is 4.64. The number of aromatic nitrogens is 1. The van der Waals surface area contributed by atoms with Gasteiger partial charge in [-0.2, -0.15) is 0 Å². The molecule has 1 atom stereocenters. The maximum atomic E-state index is 13.5. The van der Waals surface area contributed by atoms with Crippen LogP contribution in [0, 0.1) is 5.92 Å². The third-order valence-corrected chi connectivity index (χ3v) is 6.49. The molecule has 0 aliphatic carbocycles. The number of nitrogens with zero attached hydrogens (tertiary/aromatic N) is 1. The van der Waals surface area contributed by atoms with E-state index in [0.29, 0.717) is 29.9 Å². The number of carboxylic acid groups (broad SMARTS) is 1. The summed E-state index contributed by atoms with van der Waals surface area (Å²) in [6, 6.07) is 18.5. The van der Waals surface area contributed by atoms with Crippen molar-refractivity contribution >= 4 is 17.4 Å². The van der Waals surface area contributed by atoms with Crippen molar-refractivity contribution in [2.45, 2.75) is 65.8 Å². The molecule has 0 saturated carbocycles. The van der Waals surface area contributed by atoms with Crippen molar-refractivity contribution in [3.63, 3.8) is 0 Å². The van der Waals surface area contributed by atoms with Gasteiger partial charge in [-0.25, -0.2) is 0 Å². The zero-order valence-corrected chi connectivity index (χ0v) is 21.6. The highest BCUT2D eigenvalue weighted by atomic mass is 16.4. The lowest BCUT2D eigenvalue weighted by molar-refractivity contribution is -0.137. The van der Waals surface area contributed by atoms with Gasteiger partial charge < -0.3 is 15.0 Å². The average molecular weight is 475 g/mol. The van der Waals surface area contributed by atoms with Crippen LogP contribution >= 0.6 is 0 Å². The van der Waals surface area contributed by atoms with Crippen LogP contribution in [0.15, 0.2) is 54.6 Å². The van der Waals surface area contributed by atoms with Gasteiger partial charge in [-0.1, -0.05) is 57.2 Å². The van der Waals surface area contributed by atoms with Crippen LogP contribution in [-0.2, 0) is 31.1 Å². The summed E-state index contributed by atoms with van der Waals surface area (Å²) in [5.74, 6) is -0.164. The topological polar surface area (TPSA) is 71.3 Å². The van der Waals surface area contributed by atoms with Gasteiger partial charge in [0, 0.05) is 47.7 Å². The van der Waals surface area contributed by atoms with Crippen LogP contribution in [0.2, 0.25) is 0 Å². The van der Waals surface area contributed by atoms with Crippen molar-refractivity contribution in [1.29, 1.82) is 0 Å². The molecule has 5 heteroatoms. The van der Waals surface area contributed by atoms with Gasteiger partial charge in [-0.05, 0) is 67.9 Å². The molecule has 0 fully saturated rings. The number of hydrogen-bond acceptors (Lipinski definition) is 3. The van der Waals surface area contributed by atoms with Crippen LogP contribution in [0.25, 0.3) is 0 Å². The zero-order valence-electron chi connectivity index (χ0n) is 21.6. The third-order valence-electron chi connectivity index (χ3n) is 6.49. The molecule has 2 N–H and O–H groups in total. The second-order valence-electron chi connectivity index (χ2n) is 9.77. The fourth-order valence-corrected chi connectivity index (χ4v) is 4.64. The lowest BCUT2D eigenvalue weighted by Gasteiger charge is -2.17. The fraction of sp³-hybridized carbons (Fsp3) is 0.400. The Balaban J connectivity index is 1.76. The number of carboxylic acids is 1. The summed E-state index contributed by atoms with van der Waals surface area (Å²) in [4.78, 5) is 24.4. The standard InChI is InChI=1S/C30H38N2O3/c1-6-28-27(19-26(32(28)5)11-8-12-29(33)34)30(35)24-9-7-10-25(18-24)31-21(4)23-15-13-22(14-16-23)17-20(2)3/h7,9-10,13-16,18-21,31H,6,8,11-12,17H2,1-5H3,(H,33,34). The minimum absolute atomic E-state index is 0.00345. The van der Waals surface area contributed by atoms with Gasteiger partial charge in [0.1, 0.15) is 0 Å². The van der Waals surface area contributed by atoms with Crippen LogP contribution < -0.4 is 5.32 Å². The van der Waals surface area contributed by atoms with Crippen LogP contribution in [0.3, 0.4) is 0 Å². The Hall–Kier alpha value is -3.34. The first-order valence-corrected chi connectivity index (χ1v) is 12.6. The van der Waals surface area contributed by atoms with Gasteiger partial charge in [0.05, 0.1) is 0 Å². The zero-order chi connectivity index (χ0) is 25.5. The molecule has 0 bridgehead atoms. The van der Waals surface area contributed by atoms with E-state index in [4.69, 9.17) is 5.11 Å². The normalized spacial score (nSPS) is 12.1. The number of hydrogen-bond donors (Lipinski definition) is 2. The molecule has 1 unspecified atom stereocenters. The quantitative estimate of drug-likeness (QED) is 0.290. The van der Waals surface area contributed by atoms with E-state index in [0.717, 1.165) is 29.9 Å². The summed E-state index contributed by atoms with van der Waals surface area (Å²) in [6.07, 6.45) is 3.13. The first-order chi connectivity index (χ1) is 16.7. The van der Waals surface area contributed by atoms with Crippen molar-refractivity contribution in [3.05, 3.63) is 88.2 Å². The van der Waals surface area contributed by atoms with Gasteiger partial charge in [-0.3, -0.25) is 9.59 Å². The molecule has 5 nitrogen and oxygen atoms in total. The summed E-state index contributed by atoms with van der Waals surface area (Å²) in [5, 5.41) is 12.5. The minimum Gasteiger partial charge on any atom is -0.481 e. The molecule has 0 radical (unpaired) electrons. The molecule has 0 aliphatic rings. The Morgan fingerprint density at radius 3 is 2.37 bits per heavy atom. The van der Waals surface area contributed by atoms with Gasteiger partial charge in [0.25, 0.3) is 0 Å². The highest BCUT2D eigenvalue weighted by Crippen LogP contribution is 2.25. The van der Waals surface area contributed by atoms with Crippen molar-refractivity contribution < 1.29 is 14.7 Å². The molecule has 2 aromatic carbocycles. The number of carbonyl (C=O) groups is 2. The van der Waals surface area contributed by atoms with Gasteiger partial charge in [0.2, 0.25) is 0 Å². The highest BCUT2D eigenvalue weighted by Gasteiger charge is 2.19. The van der Waals surface area contributed by atoms with E-state index in [9.17, 15) is 9.59 Å². The lowest BCUT2D eigenvalue weighted by Crippen LogP contribution is -2.09. The molecule has 0 saturated heterocycles. The van der Waals surface area contributed by atoms with Gasteiger partial charge >= 0.3 is 5.97 Å². The third kappa shape index (κ3) is 6.84.